The minimum Gasteiger partial charge on any atom is -0.433 e. The van der Waals surface area contributed by atoms with Crippen molar-refractivity contribution in [2.24, 2.45) is 0 Å². The summed E-state index contributed by atoms with van der Waals surface area (Å²) in [5.41, 5.74) is -2.46. The lowest BCUT2D eigenvalue weighted by Crippen LogP contribution is -2.45. The first kappa shape index (κ1) is 37.4. The molecule has 1 aliphatic rings. The topological polar surface area (TPSA) is 203 Å². The van der Waals surface area contributed by atoms with Crippen LogP contribution in [0.15, 0.2) is 106 Å². The highest BCUT2D eigenvalue weighted by molar-refractivity contribution is 7.92. The van der Waals surface area contributed by atoms with Gasteiger partial charge in [-0.15, -0.1) is 0 Å². The van der Waals surface area contributed by atoms with Gasteiger partial charge in [-0.05, 0) is 81.6 Å². The van der Waals surface area contributed by atoms with E-state index in [9.17, 15) is 36.0 Å². The number of rotatable bonds is 10. The van der Waals surface area contributed by atoms with Gasteiger partial charge in [0.25, 0.3) is 27.4 Å². The van der Waals surface area contributed by atoms with Crippen molar-refractivity contribution < 1.29 is 36.0 Å². The Bertz CT molecular complexity index is 2620. The van der Waals surface area contributed by atoms with E-state index in [0.29, 0.717) is 4.90 Å². The molecule has 3 amide bonds. The quantitative estimate of drug-likeness (QED) is 0.176. The molecule has 0 aliphatic carbocycles. The molecule has 1 saturated heterocycles. The summed E-state index contributed by atoms with van der Waals surface area (Å²) >= 11 is 12.6. The molecule has 1 aromatic heterocycles. The molecule has 1 fully saturated rings. The summed E-state index contributed by atoms with van der Waals surface area (Å²) in [5, 5.41) is 2.40. The normalized spacial score (nSPS) is 14.9. The molecule has 0 saturated carbocycles. The van der Waals surface area contributed by atoms with Crippen molar-refractivity contribution in [1.82, 2.24) is 19.2 Å². The van der Waals surface area contributed by atoms with Crippen molar-refractivity contribution in [2.45, 2.75) is 35.3 Å². The van der Waals surface area contributed by atoms with Gasteiger partial charge < -0.3 is 10.1 Å². The van der Waals surface area contributed by atoms with Crippen LogP contribution in [0.1, 0.15) is 25.7 Å². The van der Waals surface area contributed by atoms with Crippen LogP contribution in [0.2, 0.25) is 10.0 Å². The highest BCUT2D eigenvalue weighted by Gasteiger charge is 2.53. The van der Waals surface area contributed by atoms with E-state index in [2.05, 4.69) is 19.7 Å². The van der Waals surface area contributed by atoms with Crippen molar-refractivity contribution in [3.05, 3.63) is 117 Å². The Labute approximate surface area is 312 Å². The number of sulfonamides is 2. The van der Waals surface area contributed by atoms with Crippen molar-refractivity contribution in [3.63, 3.8) is 0 Å². The predicted molar refractivity (Wildman–Crippen MR) is 196 cm³/mol. The number of amides is 3. The lowest BCUT2D eigenvalue weighted by molar-refractivity contribution is -0.139. The number of benzene rings is 4. The van der Waals surface area contributed by atoms with Gasteiger partial charge in [0, 0.05) is 0 Å². The highest BCUT2D eigenvalue weighted by atomic mass is 35.5. The standard InChI is InChI=1S/C34H28Cl2N6O9S2/c1-34(2)32(45)42(33(46)51-34)28(29-38-25-12-8-7-11-22(25)31(44)41(29)19-9-5-4-6-10-19)30(43)39-26-17-21(14-15-23(26)35)53(49,50)40-27-18-20(13-16-24(27)36)52(47,48)37-3/h4-18,28,37,40H,1-3H3,(H,39,43). The van der Waals surface area contributed by atoms with Gasteiger partial charge in [-0.1, -0.05) is 53.5 Å². The molecule has 1 aliphatic heterocycles. The van der Waals surface area contributed by atoms with Crippen LogP contribution in [-0.2, 0) is 34.4 Å². The van der Waals surface area contributed by atoms with Crippen molar-refractivity contribution in [1.29, 1.82) is 0 Å². The zero-order valence-electron chi connectivity index (χ0n) is 27.8. The summed E-state index contributed by atoms with van der Waals surface area (Å²) in [6, 6.07) is 19.1. The monoisotopic (exact) mass is 798 g/mol. The van der Waals surface area contributed by atoms with Gasteiger partial charge >= 0.3 is 6.09 Å². The second-order valence-corrected chi connectivity index (χ2v) is 16.4. The molecule has 6 rings (SSSR count). The van der Waals surface area contributed by atoms with E-state index in [4.69, 9.17) is 27.9 Å². The van der Waals surface area contributed by atoms with E-state index in [0.717, 1.165) is 28.8 Å². The Balaban J connectivity index is 1.46. The zero-order chi connectivity index (χ0) is 38.5. The first-order valence-electron chi connectivity index (χ1n) is 15.5. The molecular formula is C34H28Cl2N6O9S2. The Morgan fingerprint density at radius 3 is 2.02 bits per heavy atom. The number of halogens is 2. The number of carbonyl (C=O) groups excluding carboxylic acids is 3. The molecule has 2 heterocycles. The van der Waals surface area contributed by atoms with Gasteiger partial charge in [-0.25, -0.2) is 36.2 Å². The molecule has 5 aromatic rings. The number of carbonyl (C=O) groups is 3. The van der Waals surface area contributed by atoms with Crippen molar-refractivity contribution >= 4 is 83.4 Å². The number of nitrogens with zero attached hydrogens (tertiary/aromatic N) is 3. The first-order valence-corrected chi connectivity index (χ1v) is 19.2. The Hall–Kier alpha value is -5.33. The number of anilines is 2. The van der Waals surface area contributed by atoms with E-state index in [-0.39, 0.29) is 48.7 Å². The SMILES string of the molecule is CNS(=O)(=O)c1ccc(Cl)c(NS(=O)(=O)c2ccc(Cl)c(NC(=O)C(c3nc4ccccc4c(=O)n3-c3ccccc3)N3C(=O)OC(C)(C)C3=O)c2)c1. The average Bonchev–Trinajstić information content (AvgIpc) is 3.32. The fourth-order valence-electron chi connectivity index (χ4n) is 5.46. The van der Waals surface area contributed by atoms with Gasteiger partial charge in [0.05, 0.1) is 47.8 Å². The molecule has 53 heavy (non-hydrogen) atoms. The minimum atomic E-state index is -4.53. The highest BCUT2D eigenvalue weighted by Crippen LogP contribution is 2.35. The van der Waals surface area contributed by atoms with Crippen molar-refractivity contribution in [2.75, 3.05) is 17.1 Å². The third kappa shape index (κ3) is 7.08. The number of hydrogen-bond acceptors (Lipinski definition) is 10. The molecule has 4 aromatic carbocycles. The lowest BCUT2D eigenvalue weighted by atomic mass is 10.1. The van der Waals surface area contributed by atoms with Gasteiger partial charge in [-0.3, -0.25) is 23.7 Å². The van der Waals surface area contributed by atoms with Crippen LogP contribution in [0.4, 0.5) is 16.2 Å². The van der Waals surface area contributed by atoms with Gasteiger partial charge in [0.2, 0.25) is 10.0 Å². The van der Waals surface area contributed by atoms with E-state index < -0.39 is 60.1 Å². The maximum absolute atomic E-state index is 14.5. The van der Waals surface area contributed by atoms with E-state index in [1.165, 1.54) is 45.2 Å². The third-order valence-electron chi connectivity index (χ3n) is 8.11. The van der Waals surface area contributed by atoms with Crippen LogP contribution in [-0.4, -0.2) is 61.8 Å². The van der Waals surface area contributed by atoms with Crippen LogP contribution in [0.25, 0.3) is 16.6 Å². The van der Waals surface area contributed by atoms with Gasteiger partial charge in [0.15, 0.2) is 11.6 Å². The lowest BCUT2D eigenvalue weighted by Gasteiger charge is -2.26. The van der Waals surface area contributed by atoms with Crippen LogP contribution in [0.3, 0.4) is 0 Å². The summed E-state index contributed by atoms with van der Waals surface area (Å²) in [6.45, 7) is 2.66. The molecule has 1 atom stereocenters. The van der Waals surface area contributed by atoms with Crippen LogP contribution in [0.5, 0.6) is 0 Å². The van der Waals surface area contributed by atoms with Gasteiger partial charge in [0.1, 0.15) is 5.82 Å². The van der Waals surface area contributed by atoms with Gasteiger partial charge in [-0.2, -0.15) is 0 Å². The summed E-state index contributed by atoms with van der Waals surface area (Å²) < 4.78 is 62.6. The number of ether oxygens (including phenoxy) is 1. The summed E-state index contributed by atoms with van der Waals surface area (Å²) in [6.07, 6.45) is -1.20. The third-order valence-corrected chi connectivity index (χ3v) is 11.5. The van der Waals surface area contributed by atoms with Crippen LogP contribution < -0.4 is 20.3 Å². The largest absolute Gasteiger partial charge is 0.433 e. The number of fused-ring (bicyclic) bond motifs is 1. The number of para-hydroxylation sites is 2. The minimum absolute atomic E-state index is 0.119. The molecule has 0 radical (unpaired) electrons. The first-order chi connectivity index (χ1) is 24.9. The maximum Gasteiger partial charge on any atom is 0.418 e. The summed E-state index contributed by atoms with van der Waals surface area (Å²) in [7, 11) is -7.32. The molecule has 1 unspecified atom stereocenters. The molecule has 274 valence electrons. The average molecular weight is 800 g/mol. The van der Waals surface area contributed by atoms with Crippen molar-refractivity contribution in [3.8, 4) is 5.69 Å². The van der Waals surface area contributed by atoms with Crippen LogP contribution in [0, 0.1) is 0 Å². The summed E-state index contributed by atoms with van der Waals surface area (Å²) in [5.74, 6) is -2.37. The number of nitrogens with one attached hydrogen (secondary N) is 3. The Kier molecular flexibility index (Phi) is 9.82. The van der Waals surface area contributed by atoms with E-state index in [1.807, 2.05) is 0 Å². The predicted octanol–water partition coefficient (Wildman–Crippen LogP) is 4.84. The van der Waals surface area contributed by atoms with E-state index in [1.54, 1.807) is 42.5 Å². The fourth-order valence-corrected chi connectivity index (χ4v) is 7.69. The molecule has 19 heteroatoms. The Morgan fingerprint density at radius 1 is 0.811 bits per heavy atom. The molecule has 0 bridgehead atoms. The summed E-state index contributed by atoms with van der Waals surface area (Å²) in [4.78, 5) is 60.0. The second kappa shape index (κ2) is 13.9. The van der Waals surface area contributed by atoms with Crippen LogP contribution >= 0.6 is 23.2 Å². The Morgan fingerprint density at radius 2 is 1.40 bits per heavy atom. The smallest absolute Gasteiger partial charge is 0.418 e. The van der Waals surface area contributed by atoms with E-state index >= 15 is 0 Å². The molecule has 15 nitrogen and oxygen atoms in total. The fraction of sp³-hybridized carbons (Fsp3) is 0.147. The zero-order valence-corrected chi connectivity index (χ0v) is 31.0. The number of imide groups is 1. The molecule has 0 spiro atoms. The number of hydrogen-bond donors (Lipinski definition) is 3. The molecular weight excluding hydrogens is 771 g/mol. The molecule has 3 N–H and O–H groups in total. The number of cyclic esters (lactones) is 1. The number of aromatic nitrogens is 2. The maximum atomic E-state index is 14.5. The second-order valence-electron chi connectivity index (χ2n) is 12.0.